The predicted octanol–water partition coefficient (Wildman–Crippen LogP) is 1.73. The monoisotopic (exact) mass is 232 g/mol. The van der Waals surface area contributed by atoms with E-state index in [1.165, 1.54) is 6.07 Å². The molecule has 0 saturated heterocycles. The molecule has 0 heterocycles. The van der Waals surface area contributed by atoms with E-state index in [4.69, 9.17) is 0 Å². The van der Waals surface area contributed by atoms with Crippen molar-refractivity contribution in [3.05, 3.63) is 35.6 Å². The average molecular weight is 232 g/mol. The fraction of sp³-hybridized carbons (Fsp3) is 0.400. The molecule has 3 nitrogen and oxygen atoms in total. The third kappa shape index (κ3) is 4.90. The second-order valence-electron chi connectivity index (χ2n) is 3.22. The van der Waals surface area contributed by atoms with E-state index < -0.39 is 10.1 Å². The molecule has 0 unspecified atom stereocenters. The first-order chi connectivity index (χ1) is 6.99. The molecule has 0 N–H and O–H groups in total. The molecule has 84 valence electrons. The van der Waals surface area contributed by atoms with Gasteiger partial charge in [0.05, 0.1) is 12.9 Å². The van der Waals surface area contributed by atoms with Crippen LogP contribution in [-0.2, 0) is 20.7 Å². The highest BCUT2D eigenvalue weighted by atomic mass is 32.2. The Balaban J connectivity index is 2.36. The minimum absolute atomic E-state index is 0.0904. The van der Waals surface area contributed by atoms with Crippen molar-refractivity contribution in [1.82, 2.24) is 0 Å². The molecular weight excluding hydrogens is 219 g/mol. The molecular formula is C10H13FO3S. The lowest BCUT2D eigenvalue weighted by atomic mass is 10.1. The molecule has 0 fully saturated rings. The van der Waals surface area contributed by atoms with Gasteiger partial charge in [0.2, 0.25) is 0 Å². The topological polar surface area (TPSA) is 43.4 Å². The number of benzene rings is 1. The van der Waals surface area contributed by atoms with Gasteiger partial charge in [0.1, 0.15) is 5.82 Å². The van der Waals surface area contributed by atoms with Crippen LogP contribution in [0.4, 0.5) is 4.39 Å². The normalized spacial score (nSPS) is 11.6. The lowest BCUT2D eigenvalue weighted by Crippen LogP contribution is -2.05. The van der Waals surface area contributed by atoms with Crippen LogP contribution in [0.15, 0.2) is 24.3 Å². The second kappa shape index (κ2) is 5.23. The van der Waals surface area contributed by atoms with Gasteiger partial charge in [-0.2, -0.15) is 8.42 Å². The van der Waals surface area contributed by atoms with Gasteiger partial charge in [-0.15, -0.1) is 0 Å². The summed E-state index contributed by atoms with van der Waals surface area (Å²) in [6.45, 7) is 0.0904. The third-order valence-electron chi connectivity index (χ3n) is 1.85. The molecule has 0 aliphatic carbocycles. The standard InChI is InChI=1S/C10H13FO3S/c1-15(12,13)14-8-4-6-9-5-2-3-7-10(9)11/h2-3,5,7H,4,6,8H2,1H3. The van der Waals surface area contributed by atoms with Crippen LogP contribution in [-0.4, -0.2) is 21.3 Å². The van der Waals surface area contributed by atoms with Crippen LogP contribution in [0.1, 0.15) is 12.0 Å². The minimum Gasteiger partial charge on any atom is -0.270 e. The van der Waals surface area contributed by atoms with Crippen LogP contribution in [0.25, 0.3) is 0 Å². The van der Waals surface area contributed by atoms with Gasteiger partial charge in [0, 0.05) is 0 Å². The summed E-state index contributed by atoms with van der Waals surface area (Å²) >= 11 is 0. The molecule has 15 heavy (non-hydrogen) atoms. The maximum Gasteiger partial charge on any atom is 0.264 e. The average Bonchev–Trinajstić information content (AvgIpc) is 2.13. The Bertz CT molecular complexity index is 414. The molecule has 0 atom stereocenters. The highest BCUT2D eigenvalue weighted by molar-refractivity contribution is 7.85. The smallest absolute Gasteiger partial charge is 0.264 e. The first kappa shape index (κ1) is 12.1. The molecule has 0 bridgehead atoms. The molecule has 0 aliphatic heterocycles. The summed E-state index contributed by atoms with van der Waals surface area (Å²) in [6, 6.07) is 6.42. The molecule has 0 saturated carbocycles. The van der Waals surface area contributed by atoms with E-state index in [-0.39, 0.29) is 12.4 Å². The Kier molecular flexibility index (Phi) is 4.23. The van der Waals surface area contributed by atoms with Crippen molar-refractivity contribution in [1.29, 1.82) is 0 Å². The Labute approximate surface area is 89.0 Å². The molecule has 0 aliphatic rings. The van der Waals surface area contributed by atoms with Crippen LogP contribution in [0.5, 0.6) is 0 Å². The zero-order valence-corrected chi connectivity index (χ0v) is 9.26. The summed E-state index contributed by atoms with van der Waals surface area (Å²) in [5.41, 5.74) is 0.578. The van der Waals surface area contributed by atoms with Gasteiger partial charge in [0.15, 0.2) is 0 Å². The summed E-state index contributed by atoms with van der Waals surface area (Å²) in [7, 11) is -3.38. The molecule has 0 amide bonds. The van der Waals surface area contributed by atoms with Crippen molar-refractivity contribution in [3.63, 3.8) is 0 Å². The highest BCUT2D eigenvalue weighted by Gasteiger charge is 2.03. The van der Waals surface area contributed by atoms with E-state index in [0.29, 0.717) is 18.4 Å². The zero-order chi connectivity index (χ0) is 11.3. The fourth-order valence-electron chi connectivity index (χ4n) is 1.17. The quantitative estimate of drug-likeness (QED) is 0.573. The molecule has 5 heteroatoms. The Morgan fingerprint density at radius 2 is 2.00 bits per heavy atom. The van der Waals surface area contributed by atoms with Crippen molar-refractivity contribution in [2.45, 2.75) is 12.8 Å². The number of hydrogen-bond acceptors (Lipinski definition) is 3. The largest absolute Gasteiger partial charge is 0.270 e. The first-order valence-electron chi connectivity index (χ1n) is 4.57. The van der Waals surface area contributed by atoms with E-state index in [1.54, 1.807) is 18.2 Å². The highest BCUT2D eigenvalue weighted by Crippen LogP contribution is 2.08. The van der Waals surface area contributed by atoms with Gasteiger partial charge in [0.25, 0.3) is 10.1 Å². The summed E-state index contributed by atoms with van der Waals surface area (Å²) in [5.74, 6) is -0.267. The predicted molar refractivity (Wildman–Crippen MR) is 55.5 cm³/mol. The van der Waals surface area contributed by atoms with Crippen molar-refractivity contribution in [3.8, 4) is 0 Å². The summed E-state index contributed by atoms with van der Waals surface area (Å²) in [4.78, 5) is 0. The van der Waals surface area contributed by atoms with Crippen LogP contribution in [0, 0.1) is 5.82 Å². The number of rotatable bonds is 5. The van der Waals surface area contributed by atoms with Gasteiger partial charge >= 0.3 is 0 Å². The van der Waals surface area contributed by atoms with E-state index in [0.717, 1.165) is 6.26 Å². The lowest BCUT2D eigenvalue weighted by molar-refractivity contribution is 0.315. The van der Waals surface area contributed by atoms with Gasteiger partial charge in [-0.25, -0.2) is 4.39 Å². The molecule has 1 aromatic rings. The maximum atomic E-state index is 13.1. The Hall–Kier alpha value is -0.940. The van der Waals surface area contributed by atoms with Crippen LogP contribution < -0.4 is 0 Å². The van der Waals surface area contributed by atoms with E-state index in [1.807, 2.05) is 0 Å². The van der Waals surface area contributed by atoms with Gasteiger partial charge in [-0.1, -0.05) is 18.2 Å². The van der Waals surface area contributed by atoms with E-state index >= 15 is 0 Å². The first-order valence-corrected chi connectivity index (χ1v) is 6.38. The number of halogens is 1. The SMILES string of the molecule is CS(=O)(=O)OCCCc1ccccc1F. The van der Waals surface area contributed by atoms with Crippen LogP contribution >= 0.6 is 0 Å². The molecule has 0 aromatic heterocycles. The van der Waals surface area contributed by atoms with Crippen molar-refractivity contribution in [2.75, 3.05) is 12.9 Å². The van der Waals surface area contributed by atoms with Crippen molar-refractivity contribution in [2.24, 2.45) is 0 Å². The van der Waals surface area contributed by atoms with E-state index in [2.05, 4.69) is 4.18 Å². The lowest BCUT2D eigenvalue weighted by Gasteiger charge is -2.02. The maximum absolute atomic E-state index is 13.1. The van der Waals surface area contributed by atoms with Gasteiger partial charge in [-0.05, 0) is 24.5 Å². The van der Waals surface area contributed by atoms with Crippen molar-refractivity contribution < 1.29 is 17.0 Å². The molecule has 1 aromatic carbocycles. The Morgan fingerprint density at radius 3 is 2.60 bits per heavy atom. The minimum atomic E-state index is -3.38. The molecule has 0 radical (unpaired) electrons. The Morgan fingerprint density at radius 1 is 1.33 bits per heavy atom. The number of hydrogen-bond donors (Lipinski definition) is 0. The van der Waals surface area contributed by atoms with Crippen LogP contribution in [0.3, 0.4) is 0 Å². The second-order valence-corrected chi connectivity index (χ2v) is 4.87. The fourth-order valence-corrected chi connectivity index (χ4v) is 1.59. The van der Waals surface area contributed by atoms with Gasteiger partial charge < -0.3 is 0 Å². The molecule has 1 rings (SSSR count). The zero-order valence-electron chi connectivity index (χ0n) is 8.44. The summed E-state index contributed by atoms with van der Waals surface area (Å²) in [5, 5.41) is 0. The molecule has 0 spiro atoms. The van der Waals surface area contributed by atoms with Gasteiger partial charge in [-0.3, -0.25) is 4.18 Å². The number of aryl methyl sites for hydroxylation is 1. The van der Waals surface area contributed by atoms with Crippen molar-refractivity contribution >= 4 is 10.1 Å². The summed E-state index contributed by atoms with van der Waals surface area (Å²) in [6.07, 6.45) is 1.95. The van der Waals surface area contributed by atoms with E-state index in [9.17, 15) is 12.8 Å². The van der Waals surface area contributed by atoms with Crippen LogP contribution in [0.2, 0.25) is 0 Å². The summed E-state index contributed by atoms with van der Waals surface area (Å²) < 4.78 is 38.9. The third-order valence-corrected chi connectivity index (χ3v) is 2.44.